The summed E-state index contributed by atoms with van der Waals surface area (Å²) in [4.78, 5) is 27.6. The van der Waals surface area contributed by atoms with Crippen LogP contribution in [0.15, 0.2) is 36.4 Å². The van der Waals surface area contributed by atoms with Crippen molar-refractivity contribution in [1.29, 1.82) is 0 Å². The number of nitrogens with zero attached hydrogens (tertiary/aromatic N) is 2. The molecule has 0 fully saturated rings. The zero-order valence-corrected chi connectivity index (χ0v) is 14.9. The number of halogens is 1. The number of hydrogen-bond donors (Lipinski definition) is 1. The number of aromatic nitrogens is 2. The van der Waals surface area contributed by atoms with E-state index >= 15 is 0 Å². The molecule has 0 amide bonds. The minimum Gasteiger partial charge on any atom is -0.478 e. The topological polar surface area (TPSA) is 90.7 Å². The number of ether oxygens (including phenoxy) is 2. The van der Waals surface area contributed by atoms with Crippen molar-refractivity contribution in [3.05, 3.63) is 52.5 Å². The molecule has 0 aliphatic carbocycles. The summed E-state index contributed by atoms with van der Waals surface area (Å²) in [7, 11) is 0. The van der Waals surface area contributed by atoms with E-state index in [9.17, 15) is 14.7 Å². The first-order valence-corrected chi connectivity index (χ1v) is 8.18. The van der Waals surface area contributed by atoms with Crippen molar-refractivity contribution < 1.29 is 24.2 Å². The summed E-state index contributed by atoms with van der Waals surface area (Å²) in [5.74, 6) is -1.80. The lowest BCUT2D eigenvalue weighted by molar-refractivity contribution is 0.0526. The fourth-order valence-electron chi connectivity index (χ4n) is 2.44. The average molecular weight is 385 g/mol. The molecule has 0 aliphatic rings. The Morgan fingerprint density at radius 3 is 2.67 bits per heavy atom. The van der Waals surface area contributed by atoms with Gasteiger partial charge in [0, 0.05) is 11.1 Å². The van der Waals surface area contributed by atoms with Gasteiger partial charge in [-0.2, -0.15) is 4.98 Å². The molecular weight excluding hydrogens is 372 g/mol. The van der Waals surface area contributed by atoms with Crippen molar-refractivity contribution in [1.82, 2.24) is 9.55 Å². The van der Waals surface area contributed by atoms with Crippen molar-refractivity contribution in [3.63, 3.8) is 0 Å². The first kappa shape index (κ1) is 18.3. The van der Waals surface area contributed by atoms with Gasteiger partial charge in [-0.3, -0.25) is 0 Å². The normalized spacial score (nSPS) is 10.4. The van der Waals surface area contributed by atoms with Crippen molar-refractivity contribution in [3.8, 4) is 24.2 Å². The second-order valence-corrected chi connectivity index (χ2v) is 5.80. The Morgan fingerprint density at radius 2 is 2.00 bits per heavy atom. The summed E-state index contributed by atoms with van der Waals surface area (Å²) in [5, 5.41) is 9.76. The van der Waals surface area contributed by atoms with Crippen LogP contribution in [0.2, 0.25) is 5.02 Å². The molecule has 7 nitrogen and oxygen atoms in total. The average Bonchev–Trinajstić information content (AvgIpc) is 2.97. The summed E-state index contributed by atoms with van der Waals surface area (Å²) in [6.07, 6.45) is 5.54. The van der Waals surface area contributed by atoms with Crippen LogP contribution < -0.4 is 4.74 Å². The van der Waals surface area contributed by atoms with Crippen LogP contribution in [0.25, 0.3) is 11.0 Å². The maximum Gasteiger partial charge on any atom is 0.338 e. The third-order valence-electron chi connectivity index (χ3n) is 3.59. The maximum absolute atomic E-state index is 12.0. The summed E-state index contributed by atoms with van der Waals surface area (Å²) in [5.41, 5.74) is 1.01. The van der Waals surface area contributed by atoms with E-state index in [1.165, 1.54) is 22.8 Å². The van der Waals surface area contributed by atoms with Crippen molar-refractivity contribution in [2.24, 2.45) is 0 Å². The van der Waals surface area contributed by atoms with Gasteiger partial charge in [-0.25, -0.2) is 14.2 Å². The van der Waals surface area contributed by atoms with Crippen LogP contribution in [0, 0.1) is 12.5 Å². The molecule has 0 bridgehead atoms. The molecule has 3 rings (SSSR count). The summed E-state index contributed by atoms with van der Waals surface area (Å²) < 4.78 is 11.9. The Morgan fingerprint density at radius 1 is 1.26 bits per heavy atom. The number of carboxylic acids is 1. The van der Waals surface area contributed by atoms with E-state index in [4.69, 9.17) is 27.5 Å². The second kappa shape index (κ2) is 7.40. The van der Waals surface area contributed by atoms with E-state index in [1.54, 1.807) is 25.1 Å². The van der Waals surface area contributed by atoms with E-state index in [-0.39, 0.29) is 29.5 Å². The molecule has 27 heavy (non-hydrogen) atoms. The largest absolute Gasteiger partial charge is 0.478 e. The fraction of sp³-hybridized carbons (Fsp3) is 0.105. The number of benzene rings is 2. The molecule has 0 saturated carbocycles. The number of imidazole rings is 1. The van der Waals surface area contributed by atoms with E-state index in [2.05, 4.69) is 11.0 Å². The zero-order valence-electron chi connectivity index (χ0n) is 14.1. The molecule has 1 N–H and O–H groups in total. The SMILES string of the molecule is C#Cn1c(Oc2cc(C(=O)O)cc(C(=O)OCC)c2)nc2ccc(Cl)cc21. The van der Waals surface area contributed by atoms with Crippen LogP contribution in [0.3, 0.4) is 0 Å². The molecule has 136 valence electrons. The molecule has 0 unspecified atom stereocenters. The van der Waals surface area contributed by atoms with Gasteiger partial charge in [-0.1, -0.05) is 18.0 Å². The predicted octanol–water partition coefficient (Wildman–Crippen LogP) is 3.80. The van der Waals surface area contributed by atoms with E-state index in [0.29, 0.717) is 16.1 Å². The molecule has 2 aromatic carbocycles. The van der Waals surface area contributed by atoms with Crippen molar-refractivity contribution in [2.75, 3.05) is 6.61 Å². The molecular formula is C19H13ClN2O5. The molecule has 1 aromatic heterocycles. The van der Waals surface area contributed by atoms with E-state index in [1.807, 2.05) is 0 Å². The number of aromatic carboxylic acids is 1. The molecule has 8 heteroatoms. The molecule has 3 aromatic rings. The zero-order chi connectivity index (χ0) is 19.6. The Kier molecular flexibility index (Phi) is 5.01. The number of carbonyl (C=O) groups excluding carboxylic acids is 1. The molecule has 0 saturated heterocycles. The fourth-order valence-corrected chi connectivity index (χ4v) is 2.61. The monoisotopic (exact) mass is 384 g/mol. The Labute approximate surface area is 159 Å². The number of carbonyl (C=O) groups is 2. The third kappa shape index (κ3) is 3.71. The summed E-state index contributed by atoms with van der Waals surface area (Å²) >= 11 is 5.99. The Balaban J connectivity index is 2.07. The van der Waals surface area contributed by atoms with Crippen LogP contribution in [0.1, 0.15) is 27.6 Å². The lowest BCUT2D eigenvalue weighted by atomic mass is 10.1. The van der Waals surface area contributed by atoms with Crippen LogP contribution in [0.4, 0.5) is 0 Å². The molecule has 1 heterocycles. The Hall–Kier alpha value is -3.50. The van der Waals surface area contributed by atoms with Crippen LogP contribution in [0.5, 0.6) is 11.8 Å². The second-order valence-electron chi connectivity index (χ2n) is 5.37. The number of fused-ring (bicyclic) bond motifs is 1. The first-order chi connectivity index (χ1) is 12.9. The lowest BCUT2D eigenvalue weighted by Crippen LogP contribution is -2.07. The summed E-state index contributed by atoms with van der Waals surface area (Å²) in [6, 6.07) is 11.3. The van der Waals surface area contributed by atoms with Gasteiger partial charge in [0.15, 0.2) is 0 Å². The molecule has 0 aliphatic heterocycles. The smallest absolute Gasteiger partial charge is 0.338 e. The van der Waals surface area contributed by atoms with Gasteiger partial charge >= 0.3 is 17.9 Å². The van der Waals surface area contributed by atoms with Crippen molar-refractivity contribution in [2.45, 2.75) is 6.92 Å². The number of rotatable bonds is 5. The summed E-state index contributed by atoms with van der Waals surface area (Å²) in [6.45, 7) is 1.80. The highest BCUT2D eigenvalue weighted by atomic mass is 35.5. The Bertz CT molecular complexity index is 1100. The van der Waals surface area contributed by atoms with Gasteiger partial charge in [0.05, 0.1) is 28.8 Å². The van der Waals surface area contributed by atoms with E-state index < -0.39 is 11.9 Å². The highest BCUT2D eigenvalue weighted by Crippen LogP contribution is 2.28. The quantitative estimate of drug-likeness (QED) is 0.531. The molecule has 0 radical (unpaired) electrons. The van der Waals surface area contributed by atoms with Gasteiger partial charge in [-0.05, 0) is 43.3 Å². The minimum absolute atomic E-state index is 0.0344. The van der Waals surface area contributed by atoms with Gasteiger partial charge in [-0.15, -0.1) is 0 Å². The highest BCUT2D eigenvalue weighted by molar-refractivity contribution is 6.31. The lowest BCUT2D eigenvalue weighted by Gasteiger charge is -2.08. The van der Waals surface area contributed by atoms with Crippen LogP contribution in [-0.4, -0.2) is 33.2 Å². The molecule has 0 spiro atoms. The van der Waals surface area contributed by atoms with Gasteiger partial charge in [0.1, 0.15) is 5.75 Å². The van der Waals surface area contributed by atoms with Crippen LogP contribution >= 0.6 is 11.6 Å². The number of terminal acetylenes is 1. The molecule has 0 atom stereocenters. The highest BCUT2D eigenvalue weighted by Gasteiger charge is 2.17. The van der Waals surface area contributed by atoms with Gasteiger partial charge in [0.25, 0.3) is 0 Å². The predicted molar refractivity (Wildman–Crippen MR) is 98.4 cm³/mol. The minimum atomic E-state index is -1.22. The van der Waals surface area contributed by atoms with Gasteiger partial charge in [0.2, 0.25) is 0 Å². The van der Waals surface area contributed by atoms with E-state index in [0.717, 1.165) is 0 Å². The van der Waals surface area contributed by atoms with Gasteiger partial charge < -0.3 is 14.6 Å². The standard InChI is InChI=1S/C19H13ClN2O5/c1-3-22-16-10-13(20)5-6-15(16)21-19(22)27-14-8-11(17(23)24)7-12(9-14)18(25)26-4-2/h1,5-10H,4H2,2H3,(H,23,24). The third-order valence-corrected chi connectivity index (χ3v) is 3.82. The van der Waals surface area contributed by atoms with Crippen LogP contribution in [-0.2, 0) is 4.74 Å². The maximum atomic E-state index is 12.0. The first-order valence-electron chi connectivity index (χ1n) is 7.81. The van der Waals surface area contributed by atoms with Crippen molar-refractivity contribution >= 4 is 34.6 Å². The number of hydrogen-bond acceptors (Lipinski definition) is 5. The number of esters is 1. The number of carboxylic acid groups (broad SMARTS) is 1.